The molecule has 1 aliphatic rings. The summed E-state index contributed by atoms with van der Waals surface area (Å²) in [4.78, 5) is 15.2. The largest absolute Gasteiger partial charge is 0.573 e. The van der Waals surface area contributed by atoms with Crippen molar-refractivity contribution in [1.82, 2.24) is 25.1 Å². The number of hydrogen-bond donors (Lipinski definition) is 0. The molecule has 4 rings (SSSR count). The molecule has 0 unspecified atom stereocenters. The number of aromatic nitrogens is 4. The molecule has 1 amide bonds. The minimum atomic E-state index is -4.77. The van der Waals surface area contributed by atoms with E-state index in [0.29, 0.717) is 43.9 Å². The highest BCUT2D eigenvalue weighted by Crippen LogP contribution is 2.40. The average molecular weight is 475 g/mol. The summed E-state index contributed by atoms with van der Waals surface area (Å²) >= 11 is 0. The molecule has 1 fully saturated rings. The minimum Gasteiger partial charge on any atom is -0.450 e. The fourth-order valence-electron chi connectivity index (χ4n) is 4.19. The van der Waals surface area contributed by atoms with Gasteiger partial charge in [0.1, 0.15) is 5.75 Å². The van der Waals surface area contributed by atoms with E-state index < -0.39 is 11.8 Å². The molecule has 3 aromatic rings. The summed E-state index contributed by atoms with van der Waals surface area (Å²) in [6, 6.07) is 15.5. The zero-order chi connectivity index (χ0) is 24.2. The summed E-state index contributed by atoms with van der Waals surface area (Å²) in [5.41, 5.74) is 0.999. The van der Waals surface area contributed by atoms with E-state index in [4.69, 9.17) is 4.74 Å². The summed E-state index contributed by atoms with van der Waals surface area (Å²) in [5.74, 6) is 0.197. The van der Waals surface area contributed by atoms with Gasteiger partial charge in [0.05, 0.1) is 18.6 Å². The van der Waals surface area contributed by atoms with E-state index >= 15 is 0 Å². The molecule has 0 bridgehead atoms. The number of rotatable bonds is 6. The number of tetrazole rings is 1. The van der Waals surface area contributed by atoms with Crippen LogP contribution >= 0.6 is 0 Å². The van der Waals surface area contributed by atoms with Crippen LogP contribution in [0.25, 0.3) is 0 Å². The van der Waals surface area contributed by atoms with Crippen molar-refractivity contribution in [3.63, 3.8) is 0 Å². The Kier molecular flexibility index (Phi) is 6.71. The number of halogens is 3. The first-order valence-electron chi connectivity index (χ1n) is 10.9. The van der Waals surface area contributed by atoms with Gasteiger partial charge in [-0.1, -0.05) is 42.5 Å². The zero-order valence-electron chi connectivity index (χ0n) is 18.5. The van der Waals surface area contributed by atoms with E-state index in [9.17, 15) is 18.0 Å². The number of amides is 1. The second-order valence-corrected chi connectivity index (χ2v) is 7.97. The maximum Gasteiger partial charge on any atom is 0.573 e. The summed E-state index contributed by atoms with van der Waals surface area (Å²) in [6.45, 7) is 3.15. The Hall–Kier alpha value is -3.63. The molecule has 1 saturated heterocycles. The predicted octanol–water partition coefficient (Wildman–Crippen LogP) is 4.16. The van der Waals surface area contributed by atoms with Crippen molar-refractivity contribution >= 4 is 6.09 Å². The summed E-state index contributed by atoms with van der Waals surface area (Å²) < 4.78 is 46.7. The number of carbonyl (C=O) groups is 1. The first-order valence-corrected chi connectivity index (χ1v) is 10.9. The predicted molar refractivity (Wildman–Crippen MR) is 115 cm³/mol. The number of alkyl halides is 3. The van der Waals surface area contributed by atoms with E-state index in [-0.39, 0.29) is 18.4 Å². The number of ether oxygens (including phenoxy) is 2. The molecule has 180 valence electrons. The van der Waals surface area contributed by atoms with Gasteiger partial charge < -0.3 is 14.4 Å². The van der Waals surface area contributed by atoms with Gasteiger partial charge in [-0.2, -0.15) is 4.80 Å². The fourth-order valence-corrected chi connectivity index (χ4v) is 4.19. The van der Waals surface area contributed by atoms with Gasteiger partial charge in [0.25, 0.3) is 0 Å². The Morgan fingerprint density at radius 3 is 2.50 bits per heavy atom. The van der Waals surface area contributed by atoms with E-state index in [1.807, 2.05) is 30.3 Å². The van der Waals surface area contributed by atoms with Gasteiger partial charge in [-0.25, -0.2) is 4.79 Å². The molecular weight excluding hydrogens is 451 g/mol. The van der Waals surface area contributed by atoms with Gasteiger partial charge in [0.2, 0.25) is 0 Å². The molecule has 0 atom stereocenters. The molecule has 2 aromatic carbocycles. The summed E-state index contributed by atoms with van der Waals surface area (Å²) in [5, 5.41) is 13.0. The van der Waals surface area contributed by atoms with E-state index in [2.05, 4.69) is 20.1 Å². The number of piperidine rings is 1. The third kappa shape index (κ3) is 5.29. The first-order chi connectivity index (χ1) is 16.3. The van der Waals surface area contributed by atoms with E-state index in [0.717, 1.165) is 5.56 Å². The van der Waals surface area contributed by atoms with Crippen molar-refractivity contribution < 1.29 is 27.4 Å². The molecule has 0 radical (unpaired) electrons. The number of carbonyl (C=O) groups excluding carboxylic acids is 1. The standard InChI is InChI=1S/C23H24F3N5O3/c1-2-33-21(32)30-13-11-22(12-14-30,18-8-4-3-5-9-18)20-27-29-31(28-20)16-17-7-6-10-19(15-17)34-23(24,25)26/h3-10,15H,2,11-14,16H2,1H3. The highest BCUT2D eigenvalue weighted by molar-refractivity contribution is 5.67. The van der Waals surface area contributed by atoms with E-state index in [1.54, 1.807) is 17.9 Å². The number of benzene rings is 2. The lowest BCUT2D eigenvalue weighted by Crippen LogP contribution is -2.46. The molecule has 34 heavy (non-hydrogen) atoms. The Morgan fingerprint density at radius 2 is 1.82 bits per heavy atom. The average Bonchev–Trinajstić information content (AvgIpc) is 3.28. The van der Waals surface area contributed by atoms with Gasteiger partial charge in [-0.3, -0.25) is 0 Å². The molecule has 0 aliphatic carbocycles. The quantitative estimate of drug-likeness (QED) is 0.533. The van der Waals surface area contributed by atoms with Crippen molar-refractivity contribution in [3.05, 3.63) is 71.5 Å². The van der Waals surface area contributed by atoms with Gasteiger partial charge in [0.15, 0.2) is 5.82 Å². The van der Waals surface area contributed by atoms with Crippen LogP contribution in [0.4, 0.5) is 18.0 Å². The lowest BCUT2D eigenvalue weighted by molar-refractivity contribution is -0.274. The normalized spacial score (nSPS) is 15.7. The van der Waals surface area contributed by atoms with Crippen molar-refractivity contribution in [2.45, 2.75) is 38.1 Å². The highest BCUT2D eigenvalue weighted by Gasteiger charge is 2.43. The van der Waals surface area contributed by atoms with Crippen LogP contribution in [-0.4, -0.2) is 57.3 Å². The van der Waals surface area contributed by atoms with Crippen LogP contribution in [0, 0.1) is 0 Å². The Labute approximate surface area is 194 Å². The summed E-state index contributed by atoms with van der Waals surface area (Å²) in [6.07, 6.45) is -3.95. The Bertz CT molecular complexity index is 1110. The lowest BCUT2D eigenvalue weighted by atomic mass is 9.72. The number of nitrogens with zero attached hydrogens (tertiary/aromatic N) is 5. The number of likely N-dealkylation sites (tertiary alicyclic amines) is 1. The zero-order valence-corrected chi connectivity index (χ0v) is 18.5. The van der Waals surface area contributed by atoms with Gasteiger partial charge in [0, 0.05) is 13.1 Å². The smallest absolute Gasteiger partial charge is 0.450 e. The van der Waals surface area contributed by atoms with Crippen LogP contribution in [0.5, 0.6) is 5.75 Å². The third-order valence-electron chi connectivity index (χ3n) is 5.81. The van der Waals surface area contributed by atoms with Crippen LogP contribution in [0.3, 0.4) is 0 Å². The SMILES string of the molecule is CCOC(=O)N1CCC(c2ccccc2)(c2nnn(Cc3cccc(OC(F)(F)F)c3)n2)CC1. The van der Waals surface area contributed by atoms with Crippen LogP contribution in [-0.2, 0) is 16.7 Å². The topological polar surface area (TPSA) is 82.4 Å². The molecule has 0 N–H and O–H groups in total. The lowest BCUT2D eigenvalue weighted by Gasteiger charge is -2.39. The monoisotopic (exact) mass is 475 g/mol. The van der Waals surface area contributed by atoms with Crippen molar-refractivity contribution in [2.24, 2.45) is 0 Å². The van der Waals surface area contributed by atoms with Crippen molar-refractivity contribution in [2.75, 3.05) is 19.7 Å². The summed E-state index contributed by atoms with van der Waals surface area (Å²) in [7, 11) is 0. The third-order valence-corrected chi connectivity index (χ3v) is 5.81. The second-order valence-electron chi connectivity index (χ2n) is 7.97. The van der Waals surface area contributed by atoms with Crippen LogP contribution in [0.1, 0.15) is 36.7 Å². The van der Waals surface area contributed by atoms with Crippen LogP contribution in [0.2, 0.25) is 0 Å². The molecule has 2 heterocycles. The highest BCUT2D eigenvalue weighted by atomic mass is 19.4. The Morgan fingerprint density at radius 1 is 1.09 bits per heavy atom. The van der Waals surface area contributed by atoms with Gasteiger partial charge in [-0.05, 0) is 48.2 Å². The van der Waals surface area contributed by atoms with Crippen molar-refractivity contribution in [3.8, 4) is 5.75 Å². The van der Waals surface area contributed by atoms with Gasteiger partial charge >= 0.3 is 12.5 Å². The van der Waals surface area contributed by atoms with E-state index in [1.165, 1.54) is 23.0 Å². The molecule has 1 aliphatic heterocycles. The number of hydrogen-bond acceptors (Lipinski definition) is 6. The molecule has 0 saturated carbocycles. The fraction of sp³-hybridized carbons (Fsp3) is 0.391. The molecule has 8 nitrogen and oxygen atoms in total. The molecular formula is C23H24F3N5O3. The minimum absolute atomic E-state index is 0.127. The maximum atomic E-state index is 12.5. The van der Waals surface area contributed by atoms with Gasteiger partial charge in [-0.15, -0.1) is 23.4 Å². The second kappa shape index (κ2) is 9.70. The molecule has 1 aromatic heterocycles. The van der Waals surface area contributed by atoms with Crippen LogP contribution < -0.4 is 4.74 Å². The van der Waals surface area contributed by atoms with Crippen molar-refractivity contribution in [1.29, 1.82) is 0 Å². The Balaban J connectivity index is 1.57. The van der Waals surface area contributed by atoms with Crippen LogP contribution in [0.15, 0.2) is 54.6 Å². The maximum absolute atomic E-state index is 12.5. The molecule has 0 spiro atoms. The first kappa shape index (κ1) is 23.5. The molecule has 11 heteroatoms.